The van der Waals surface area contributed by atoms with E-state index in [4.69, 9.17) is 4.74 Å². The zero-order chi connectivity index (χ0) is 11.9. The normalized spacial score (nSPS) is 10.9. The number of aromatic nitrogens is 3. The molecular weight excluding hydrogens is 216 g/mol. The average Bonchev–Trinajstić information content (AvgIpc) is 2.81. The Morgan fingerprint density at radius 3 is 3.12 bits per heavy atom. The molecule has 0 amide bonds. The van der Waals surface area contributed by atoms with Crippen molar-refractivity contribution in [1.82, 2.24) is 14.6 Å². The Morgan fingerprint density at radius 2 is 2.24 bits per heavy atom. The molecule has 0 aliphatic heterocycles. The van der Waals surface area contributed by atoms with Crippen molar-refractivity contribution in [2.45, 2.75) is 19.3 Å². The molecule has 0 saturated carbocycles. The zero-order valence-electron chi connectivity index (χ0n) is 10.1. The van der Waals surface area contributed by atoms with Crippen molar-refractivity contribution >= 4 is 11.5 Å². The van der Waals surface area contributed by atoms with Crippen LogP contribution in [0.3, 0.4) is 0 Å². The topological polar surface area (TPSA) is 51.5 Å². The molecule has 0 fully saturated rings. The minimum Gasteiger partial charge on any atom is -0.385 e. The van der Waals surface area contributed by atoms with Gasteiger partial charge in [-0.1, -0.05) is 0 Å². The van der Waals surface area contributed by atoms with Crippen LogP contribution >= 0.6 is 0 Å². The highest BCUT2D eigenvalue weighted by Gasteiger charge is 1.97. The first-order valence-electron chi connectivity index (χ1n) is 5.93. The predicted octanol–water partition coefficient (Wildman–Crippen LogP) is 1.96. The molecule has 5 nitrogen and oxygen atoms in total. The van der Waals surface area contributed by atoms with Gasteiger partial charge in [0, 0.05) is 32.5 Å². The van der Waals surface area contributed by atoms with Crippen molar-refractivity contribution in [3.05, 3.63) is 24.5 Å². The Morgan fingerprint density at radius 1 is 1.29 bits per heavy atom. The summed E-state index contributed by atoms with van der Waals surface area (Å²) >= 11 is 0. The zero-order valence-corrected chi connectivity index (χ0v) is 10.1. The fourth-order valence-electron chi connectivity index (χ4n) is 1.68. The molecule has 2 aromatic heterocycles. The fourth-order valence-corrected chi connectivity index (χ4v) is 1.68. The molecule has 0 spiro atoms. The first-order valence-corrected chi connectivity index (χ1v) is 5.93. The van der Waals surface area contributed by atoms with Crippen LogP contribution in [0.4, 0.5) is 5.82 Å². The molecular formula is C12H18N4O. The van der Waals surface area contributed by atoms with E-state index in [0.29, 0.717) is 0 Å². The first-order chi connectivity index (χ1) is 8.40. The van der Waals surface area contributed by atoms with E-state index < -0.39 is 0 Å². The number of hydrogen-bond donors (Lipinski definition) is 1. The van der Waals surface area contributed by atoms with Gasteiger partial charge < -0.3 is 10.1 Å². The van der Waals surface area contributed by atoms with Crippen LogP contribution in [-0.4, -0.2) is 34.9 Å². The lowest BCUT2D eigenvalue weighted by Crippen LogP contribution is -2.04. The summed E-state index contributed by atoms with van der Waals surface area (Å²) in [4.78, 5) is 4.43. The van der Waals surface area contributed by atoms with Crippen LogP contribution < -0.4 is 5.32 Å². The molecule has 17 heavy (non-hydrogen) atoms. The van der Waals surface area contributed by atoms with Crippen molar-refractivity contribution in [1.29, 1.82) is 0 Å². The van der Waals surface area contributed by atoms with Gasteiger partial charge in [0.2, 0.25) is 0 Å². The maximum Gasteiger partial charge on any atom is 0.157 e. The molecule has 5 heteroatoms. The lowest BCUT2D eigenvalue weighted by molar-refractivity contribution is 0.192. The molecule has 0 radical (unpaired) electrons. The van der Waals surface area contributed by atoms with Crippen molar-refractivity contribution in [3.8, 4) is 0 Å². The van der Waals surface area contributed by atoms with Gasteiger partial charge in [-0.2, -0.15) is 5.10 Å². The van der Waals surface area contributed by atoms with E-state index in [0.717, 1.165) is 37.5 Å². The van der Waals surface area contributed by atoms with Crippen LogP contribution in [0.15, 0.2) is 24.5 Å². The minimum absolute atomic E-state index is 0.847. The Hall–Kier alpha value is -1.62. The molecule has 2 heterocycles. The largest absolute Gasteiger partial charge is 0.385 e. The third-order valence-corrected chi connectivity index (χ3v) is 2.59. The summed E-state index contributed by atoms with van der Waals surface area (Å²) in [7, 11) is 1.74. The Kier molecular flexibility index (Phi) is 4.32. The maximum atomic E-state index is 5.00. The van der Waals surface area contributed by atoms with E-state index in [1.54, 1.807) is 17.8 Å². The van der Waals surface area contributed by atoms with Crippen LogP contribution in [0.1, 0.15) is 19.3 Å². The summed E-state index contributed by atoms with van der Waals surface area (Å²) in [6.07, 6.45) is 7.09. The molecule has 2 rings (SSSR count). The van der Waals surface area contributed by atoms with Crippen LogP contribution in [0.2, 0.25) is 0 Å². The maximum absolute atomic E-state index is 5.00. The van der Waals surface area contributed by atoms with Gasteiger partial charge in [-0.25, -0.2) is 9.50 Å². The standard InChI is InChI=1S/C12H18N4O/c1-17-10-4-2-3-7-13-11-6-9-16-12(15-11)5-8-14-16/h5-6,8-9H,2-4,7,10H2,1H3,(H,13,15). The monoisotopic (exact) mass is 234 g/mol. The SMILES string of the molecule is COCCCCCNc1ccn2nccc2n1. The van der Waals surface area contributed by atoms with Crippen molar-refractivity contribution in [3.63, 3.8) is 0 Å². The van der Waals surface area contributed by atoms with Gasteiger partial charge in [0.1, 0.15) is 5.82 Å². The van der Waals surface area contributed by atoms with Gasteiger partial charge >= 0.3 is 0 Å². The van der Waals surface area contributed by atoms with E-state index in [1.165, 1.54) is 6.42 Å². The first kappa shape index (κ1) is 11.9. The highest BCUT2D eigenvalue weighted by atomic mass is 16.5. The van der Waals surface area contributed by atoms with E-state index in [2.05, 4.69) is 15.4 Å². The van der Waals surface area contributed by atoms with Crippen LogP contribution in [0.5, 0.6) is 0 Å². The highest BCUT2D eigenvalue weighted by molar-refractivity contribution is 5.45. The molecule has 0 aliphatic carbocycles. The van der Waals surface area contributed by atoms with Gasteiger partial charge in [-0.3, -0.25) is 0 Å². The van der Waals surface area contributed by atoms with Gasteiger partial charge in [0.15, 0.2) is 5.65 Å². The van der Waals surface area contributed by atoms with Gasteiger partial charge in [-0.05, 0) is 25.3 Å². The number of ether oxygens (including phenoxy) is 1. The van der Waals surface area contributed by atoms with Crippen molar-refractivity contribution < 1.29 is 4.74 Å². The quantitative estimate of drug-likeness (QED) is 0.744. The number of unbranched alkanes of at least 4 members (excludes halogenated alkanes) is 2. The molecule has 0 aromatic carbocycles. The molecule has 0 bridgehead atoms. The van der Waals surface area contributed by atoms with E-state index in [-0.39, 0.29) is 0 Å². The summed E-state index contributed by atoms with van der Waals surface area (Å²) in [6, 6.07) is 3.83. The summed E-state index contributed by atoms with van der Waals surface area (Å²) in [5.41, 5.74) is 0.870. The number of methoxy groups -OCH3 is 1. The molecule has 92 valence electrons. The summed E-state index contributed by atoms with van der Waals surface area (Å²) in [6.45, 7) is 1.79. The Bertz CT molecular complexity index is 454. The number of nitrogens with one attached hydrogen (secondary N) is 1. The van der Waals surface area contributed by atoms with Crippen molar-refractivity contribution in [2.24, 2.45) is 0 Å². The van der Waals surface area contributed by atoms with E-state index >= 15 is 0 Å². The number of anilines is 1. The fraction of sp³-hybridized carbons (Fsp3) is 0.500. The lowest BCUT2D eigenvalue weighted by Gasteiger charge is -2.05. The molecule has 0 atom stereocenters. The second-order valence-corrected chi connectivity index (χ2v) is 3.93. The summed E-state index contributed by atoms with van der Waals surface area (Å²) in [5.74, 6) is 0.907. The third kappa shape index (κ3) is 3.42. The average molecular weight is 234 g/mol. The molecule has 0 saturated heterocycles. The van der Waals surface area contributed by atoms with E-state index in [9.17, 15) is 0 Å². The second kappa shape index (κ2) is 6.20. The molecule has 2 aromatic rings. The van der Waals surface area contributed by atoms with Gasteiger partial charge in [-0.15, -0.1) is 0 Å². The van der Waals surface area contributed by atoms with E-state index in [1.807, 2.05) is 18.3 Å². The number of fused-ring (bicyclic) bond motifs is 1. The second-order valence-electron chi connectivity index (χ2n) is 3.93. The third-order valence-electron chi connectivity index (χ3n) is 2.59. The highest BCUT2D eigenvalue weighted by Crippen LogP contribution is 2.06. The smallest absolute Gasteiger partial charge is 0.157 e. The number of rotatable bonds is 7. The summed E-state index contributed by atoms with van der Waals surface area (Å²) in [5, 5.41) is 7.41. The number of nitrogens with zero attached hydrogens (tertiary/aromatic N) is 3. The minimum atomic E-state index is 0.847. The van der Waals surface area contributed by atoms with Crippen molar-refractivity contribution in [2.75, 3.05) is 25.6 Å². The predicted molar refractivity (Wildman–Crippen MR) is 67.2 cm³/mol. The number of hydrogen-bond acceptors (Lipinski definition) is 4. The Balaban J connectivity index is 1.75. The van der Waals surface area contributed by atoms with Crippen LogP contribution in [0, 0.1) is 0 Å². The lowest BCUT2D eigenvalue weighted by atomic mass is 10.2. The molecule has 0 aliphatic rings. The molecule has 0 unspecified atom stereocenters. The molecule has 1 N–H and O–H groups in total. The van der Waals surface area contributed by atoms with Crippen LogP contribution in [0.25, 0.3) is 5.65 Å². The van der Waals surface area contributed by atoms with Crippen LogP contribution in [-0.2, 0) is 4.74 Å². The Labute approximate surface area is 101 Å². The van der Waals surface area contributed by atoms with Gasteiger partial charge in [0.05, 0.1) is 6.20 Å². The van der Waals surface area contributed by atoms with Gasteiger partial charge in [0.25, 0.3) is 0 Å². The summed E-state index contributed by atoms with van der Waals surface area (Å²) < 4.78 is 6.76.